The van der Waals surface area contributed by atoms with Gasteiger partial charge in [-0.2, -0.15) is 0 Å². The van der Waals surface area contributed by atoms with Crippen molar-refractivity contribution in [1.29, 1.82) is 0 Å². The zero-order valence-corrected chi connectivity index (χ0v) is 12.9. The molecule has 122 valence electrons. The van der Waals surface area contributed by atoms with E-state index in [0.29, 0.717) is 38.5 Å². The summed E-state index contributed by atoms with van der Waals surface area (Å²) >= 11 is 0. The summed E-state index contributed by atoms with van der Waals surface area (Å²) in [5.41, 5.74) is -2.66. The number of amides is 1. The highest BCUT2D eigenvalue weighted by molar-refractivity contribution is 5.89. The van der Waals surface area contributed by atoms with Gasteiger partial charge < -0.3 is 19.8 Å². The second-order valence-corrected chi connectivity index (χ2v) is 7.51. The van der Waals surface area contributed by atoms with Crippen molar-refractivity contribution in [3.63, 3.8) is 0 Å². The Morgan fingerprint density at radius 3 is 2.32 bits per heavy atom. The highest BCUT2D eigenvalue weighted by Crippen LogP contribution is 2.60. The van der Waals surface area contributed by atoms with Crippen molar-refractivity contribution < 1.29 is 24.5 Å². The third kappa shape index (κ3) is 2.65. The van der Waals surface area contributed by atoms with E-state index < -0.39 is 22.8 Å². The molecule has 4 rings (SSSR count). The molecule has 0 aromatic rings. The van der Waals surface area contributed by atoms with Crippen LogP contribution in [-0.4, -0.2) is 57.4 Å². The van der Waals surface area contributed by atoms with Gasteiger partial charge in [-0.1, -0.05) is 6.58 Å². The van der Waals surface area contributed by atoms with Gasteiger partial charge in [-0.05, 0) is 31.3 Å². The lowest BCUT2D eigenvalue weighted by atomic mass is 9.50. The van der Waals surface area contributed by atoms with Crippen LogP contribution in [0.25, 0.3) is 0 Å². The number of carbonyl (C=O) groups excluding carboxylic acids is 2. The summed E-state index contributed by atoms with van der Waals surface area (Å²) in [5, 5.41) is 21.2. The second kappa shape index (κ2) is 4.80. The number of ether oxygens (including phenoxy) is 1. The lowest BCUT2D eigenvalue weighted by Crippen LogP contribution is -2.67. The number of aliphatic hydroxyl groups is 2. The van der Waals surface area contributed by atoms with Crippen molar-refractivity contribution in [2.75, 3.05) is 13.6 Å². The molecule has 0 aliphatic heterocycles. The van der Waals surface area contributed by atoms with Gasteiger partial charge in [-0.15, -0.1) is 0 Å². The fourth-order valence-corrected chi connectivity index (χ4v) is 5.06. The van der Waals surface area contributed by atoms with Crippen LogP contribution in [0.3, 0.4) is 0 Å². The molecule has 4 aliphatic carbocycles. The highest BCUT2D eigenvalue weighted by atomic mass is 16.6. The van der Waals surface area contributed by atoms with E-state index in [9.17, 15) is 19.8 Å². The summed E-state index contributed by atoms with van der Waals surface area (Å²) < 4.78 is 5.66. The fraction of sp³-hybridized carbons (Fsp3) is 0.750. The summed E-state index contributed by atoms with van der Waals surface area (Å²) in [6.45, 7) is 3.22. The molecule has 6 nitrogen and oxygen atoms in total. The molecule has 0 spiro atoms. The Labute approximate surface area is 129 Å². The molecule has 4 aliphatic rings. The first kappa shape index (κ1) is 15.5. The van der Waals surface area contributed by atoms with Crippen LogP contribution >= 0.6 is 0 Å². The smallest absolute Gasteiger partial charge is 0.326 e. The van der Waals surface area contributed by atoms with Gasteiger partial charge in [-0.25, -0.2) is 0 Å². The maximum absolute atomic E-state index is 12.2. The van der Waals surface area contributed by atoms with E-state index in [2.05, 4.69) is 6.58 Å². The maximum Gasteiger partial charge on any atom is 0.326 e. The molecule has 4 fully saturated rings. The van der Waals surface area contributed by atoms with Crippen molar-refractivity contribution in [1.82, 2.24) is 4.90 Å². The molecule has 22 heavy (non-hydrogen) atoms. The number of hydrogen-bond donors (Lipinski definition) is 2. The van der Waals surface area contributed by atoms with E-state index >= 15 is 0 Å². The minimum Gasteiger partial charge on any atom is -0.458 e. The lowest BCUT2D eigenvalue weighted by Gasteiger charge is -2.62. The van der Waals surface area contributed by atoms with Gasteiger partial charge in [0.25, 0.3) is 0 Å². The molecule has 2 N–H and O–H groups in total. The van der Waals surface area contributed by atoms with E-state index in [1.54, 1.807) is 0 Å². The third-order valence-corrected chi connectivity index (χ3v) is 5.21. The molecule has 1 amide bonds. The van der Waals surface area contributed by atoms with Gasteiger partial charge in [0.15, 0.2) is 0 Å². The molecule has 4 bridgehead atoms. The fourth-order valence-electron chi connectivity index (χ4n) is 5.06. The number of nitrogens with zero attached hydrogens (tertiary/aromatic N) is 1. The summed E-state index contributed by atoms with van der Waals surface area (Å²) in [6, 6.07) is 0. The Hall–Kier alpha value is -1.40. The van der Waals surface area contributed by atoms with E-state index in [-0.39, 0.29) is 18.4 Å². The molecule has 0 aromatic carbocycles. The average Bonchev–Trinajstić information content (AvgIpc) is 2.31. The predicted molar refractivity (Wildman–Crippen MR) is 77.7 cm³/mol. The normalized spacial score (nSPS) is 42.0. The Balaban J connectivity index is 1.71. The lowest BCUT2D eigenvalue weighted by molar-refractivity contribution is -0.261. The van der Waals surface area contributed by atoms with Crippen molar-refractivity contribution >= 4 is 11.9 Å². The molecule has 6 heteroatoms. The van der Waals surface area contributed by atoms with Crippen LogP contribution < -0.4 is 0 Å². The number of carbonyl (C=O) groups is 2. The van der Waals surface area contributed by atoms with Crippen LogP contribution in [0.1, 0.15) is 38.5 Å². The van der Waals surface area contributed by atoms with Crippen molar-refractivity contribution in [3.05, 3.63) is 12.7 Å². The van der Waals surface area contributed by atoms with Crippen LogP contribution in [0, 0.1) is 5.92 Å². The zero-order chi connectivity index (χ0) is 16.2. The van der Waals surface area contributed by atoms with E-state index in [1.165, 1.54) is 11.9 Å². The predicted octanol–water partition coefficient (Wildman–Crippen LogP) is 0.373. The molecular formula is C16H23NO5. The summed E-state index contributed by atoms with van der Waals surface area (Å²) in [5.74, 6) is -0.668. The Morgan fingerprint density at radius 2 is 1.82 bits per heavy atom. The van der Waals surface area contributed by atoms with Gasteiger partial charge in [0.05, 0.1) is 11.2 Å². The first-order chi connectivity index (χ1) is 10.2. The van der Waals surface area contributed by atoms with Gasteiger partial charge in [-0.3, -0.25) is 9.59 Å². The quantitative estimate of drug-likeness (QED) is 0.579. The van der Waals surface area contributed by atoms with Crippen LogP contribution in [0.4, 0.5) is 0 Å². The van der Waals surface area contributed by atoms with Crippen LogP contribution in [0.15, 0.2) is 12.7 Å². The standard InChI is InChI=1S/C16H23NO5/c1-3-12(18)17(2)7-13(19)22-16-6-11-4-14(20,9-16)8-15(21,5-11)10-16/h3,11,20-21H,1,4-10H2,2H3. The molecule has 0 radical (unpaired) electrons. The SMILES string of the molecule is C=CC(=O)N(C)CC(=O)OC12CC3CC(O)(CC(O)(C3)C1)C2. The Morgan fingerprint density at radius 1 is 1.23 bits per heavy atom. The number of hydrogen-bond acceptors (Lipinski definition) is 5. The van der Waals surface area contributed by atoms with Gasteiger partial charge in [0, 0.05) is 26.3 Å². The molecule has 0 heterocycles. The number of rotatable bonds is 4. The summed E-state index contributed by atoms with van der Waals surface area (Å²) in [4.78, 5) is 24.8. The minimum atomic E-state index is -0.933. The first-order valence-electron chi connectivity index (χ1n) is 7.71. The third-order valence-electron chi connectivity index (χ3n) is 5.21. The monoisotopic (exact) mass is 309 g/mol. The maximum atomic E-state index is 12.2. The minimum absolute atomic E-state index is 0.159. The van der Waals surface area contributed by atoms with Crippen molar-refractivity contribution in [2.24, 2.45) is 5.92 Å². The van der Waals surface area contributed by atoms with Crippen LogP contribution in [0.2, 0.25) is 0 Å². The molecule has 4 saturated carbocycles. The molecular weight excluding hydrogens is 286 g/mol. The van der Waals surface area contributed by atoms with Crippen LogP contribution in [-0.2, 0) is 14.3 Å². The van der Waals surface area contributed by atoms with E-state index in [4.69, 9.17) is 4.74 Å². The van der Waals surface area contributed by atoms with Crippen molar-refractivity contribution in [3.8, 4) is 0 Å². The van der Waals surface area contributed by atoms with E-state index in [1.807, 2.05) is 0 Å². The number of esters is 1. The zero-order valence-electron chi connectivity index (χ0n) is 12.9. The Kier molecular flexibility index (Phi) is 3.38. The molecule has 0 saturated heterocycles. The van der Waals surface area contributed by atoms with Gasteiger partial charge in [0.2, 0.25) is 5.91 Å². The largest absolute Gasteiger partial charge is 0.458 e. The number of likely N-dealkylation sites (N-methyl/N-ethyl adjacent to an activating group) is 1. The second-order valence-electron chi connectivity index (χ2n) is 7.51. The van der Waals surface area contributed by atoms with Crippen molar-refractivity contribution in [2.45, 2.75) is 55.3 Å². The van der Waals surface area contributed by atoms with Crippen LogP contribution in [0.5, 0.6) is 0 Å². The first-order valence-corrected chi connectivity index (χ1v) is 7.71. The summed E-state index contributed by atoms with van der Waals surface area (Å²) in [6.07, 6.45) is 4.29. The molecule has 2 atom stereocenters. The van der Waals surface area contributed by atoms with Gasteiger partial charge >= 0.3 is 5.97 Å². The van der Waals surface area contributed by atoms with Gasteiger partial charge in [0.1, 0.15) is 12.1 Å². The topological polar surface area (TPSA) is 87.1 Å². The molecule has 0 aromatic heterocycles. The Bertz CT molecular complexity index is 513. The highest BCUT2D eigenvalue weighted by Gasteiger charge is 2.64. The molecule has 2 unspecified atom stereocenters. The summed E-state index contributed by atoms with van der Waals surface area (Å²) in [7, 11) is 1.51. The average molecular weight is 309 g/mol. The van der Waals surface area contributed by atoms with E-state index in [0.717, 1.165) is 6.08 Å².